The third-order valence-electron chi connectivity index (χ3n) is 2.58. The average molecular weight is 344 g/mol. The Morgan fingerprint density at radius 1 is 1.05 bits per heavy atom. The molecule has 22 heavy (non-hydrogen) atoms. The summed E-state index contributed by atoms with van der Waals surface area (Å²) in [5.41, 5.74) is 1.09. The molecule has 2 aromatic rings. The van der Waals surface area contributed by atoms with Crippen molar-refractivity contribution in [2.24, 2.45) is 5.84 Å². The Morgan fingerprint density at radius 3 is 1.95 bits per heavy atom. The van der Waals surface area contributed by atoms with Gasteiger partial charge in [-0.25, -0.2) is 4.59 Å². The molecular weight excluding hydrogens is 324 g/mol. The first kappa shape index (κ1) is 18.6. The van der Waals surface area contributed by atoms with E-state index in [9.17, 15) is 8.42 Å². The molecule has 3 N–H and O–H groups in total. The lowest BCUT2D eigenvalue weighted by Gasteiger charge is -2.22. The van der Waals surface area contributed by atoms with Gasteiger partial charge in [-0.1, -0.05) is 48.0 Å². The molecule has 2 rings (SSSR count). The molecule has 0 aliphatic rings. The molecule has 0 unspecified atom stereocenters. The average Bonchev–Trinajstić information content (AvgIpc) is 2.41. The third-order valence-corrected chi connectivity index (χ3v) is 3.81. The fraction of sp³-hybridized carbons (Fsp3) is 0.200. The summed E-state index contributed by atoms with van der Waals surface area (Å²) in [7, 11) is -0.135. The summed E-state index contributed by atoms with van der Waals surface area (Å²) in [5.74, 6) is 5.82. The lowest BCUT2D eigenvalue weighted by atomic mass is 10.2. The van der Waals surface area contributed by atoms with Crippen LogP contribution in [0.5, 0.6) is 0 Å². The fourth-order valence-corrected chi connectivity index (χ4v) is 2.35. The zero-order valence-electron chi connectivity index (χ0n) is 12.5. The molecule has 0 radical (unpaired) electrons. The van der Waals surface area contributed by atoms with Crippen molar-refractivity contribution in [3.05, 3.63) is 65.2 Å². The fourth-order valence-electron chi connectivity index (χ4n) is 1.66. The summed E-state index contributed by atoms with van der Waals surface area (Å²) < 4.78 is 29.6. The maximum absolute atomic E-state index is 10.4. The van der Waals surface area contributed by atoms with Crippen LogP contribution >= 0.6 is 11.6 Å². The van der Waals surface area contributed by atoms with Crippen LogP contribution in [0.15, 0.2) is 59.5 Å². The van der Waals surface area contributed by atoms with E-state index in [4.69, 9.17) is 22.0 Å². The molecule has 0 amide bonds. The van der Waals surface area contributed by atoms with Gasteiger partial charge in [-0.3, -0.25) is 4.55 Å². The molecule has 0 atom stereocenters. The predicted molar refractivity (Wildman–Crippen MR) is 87.7 cm³/mol. The SMILES string of the molecule is C[N+](C)(N)Cc1ccccc1Cl.O=S(=O)(O)c1ccccc1. The second kappa shape index (κ2) is 7.71. The zero-order chi connectivity index (χ0) is 16.8. The summed E-state index contributed by atoms with van der Waals surface area (Å²) in [5, 5.41) is 0.786. The number of halogens is 1. The molecule has 5 nitrogen and oxygen atoms in total. The highest BCUT2D eigenvalue weighted by Crippen LogP contribution is 2.16. The second-order valence-electron chi connectivity index (χ2n) is 5.32. The number of hydrogen-bond acceptors (Lipinski definition) is 3. The number of hydrogen-bond donors (Lipinski definition) is 2. The minimum Gasteiger partial charge on any atom is -0.282 e. The van der Waals surface area contributed by atoms with E-state index < -0.39 is 10.1 Å². The quantitative estimate of drug-likeness (QED) is 0.388. The molecule has 0 fully saturated rings. The topological polar surface area (TPSA) is 80.4 Å². The van der Waals surface area contributed by atoms with Crippen LogP contribution in [-0.4, -0.2) is 31.7 Å². The van der Waals surface area contributed by atoms with Crippen LogP contribution in [0.25, 0.3) is 0 Å². The number of rotatable bonds is 3. The van der Waals surface area contributed by atoms with Gasteiger partial charge in [0, 0.05) is 10.6 Å². The third kappa shape index (κ3) is 7.02. The van der Waals surface area contributed by atoms with Gasteiger partial charge in [0.2, 0.25) is 0 Å². The Bertz CT molecular complexity index is 698. The van der Waals surface area contributed by atoms with E-state index in [2.05, 4.69) is 0 Å². The highest BCUT2D eigenvalue weighted by atomic mass is 35.5. The van der Waals surface area contributed by atoms with Crippen molar-refractivity contribution in [2.45, 2.75) is 11.4 Å². The Morgan fingerprint density at radius 2 is 1.55 bits per heavy atom. The molecule has 0 saturated heterocycles. The first-order valence-corrected chi connectivity index (χ1v) is 8.29. The molecular formula is C15H20ClN2O3S+. The van der Waals surface area contributed by atoms with Crippen molar-refractivity contribution < 1.29 is 17.6 Å². The van der Waals surface area contributed by atoms with Gasteiger partial charge in [-0.15, -0.1) is 0 Å². The van der Waals surface area contributed by atoms with Crippen LogP contribution in [0.4, 0.5) is 0 Å². The predicted octanol–water partition coefficient (Wildman–Crippen LogP) is 2.72. The molecule has 0 saturated carbocycles. The summed E-state index contributed by atoms with van der Waals surface area (Å²) >= 11 is 5.96. The van der Waals surface area contributed by atoms with Crippen molar-refractivity contribution in [2.75, 3.05) is 14.1 Å². The van der Waals surface area contributed by atoms with Crippen molar-refractivity contribution >= 4 is 21.7 Å². The van der Waals surface area contributed by atoms with Crippen LogP contribution in [-0.2, 0) is 16.7 Å². The summed E-state index contributed by atoms with van der Waals surface area (Å²) in [6.45, 7) is 0.750. The molecule has 0 aliphatic heterocycles. The highest BCUT2D eigenvalue weighted by molar-refractivity contribution is 7.85. The first-order chi connectivity index (χ1) is 10.1. The van der Waals surface area contributed by atoms with Crippen LogP contribution in [0, 0.1) is 0 Å². The van der Waals surface area contributed by atoms with Gasteiger partial charge < -0.3 is 0 Å². The van der Waals surface area contributed by atoms with Gasteiger partial charge in [-0.2, -0.15) is 14.3 Å². The molecule has 2 aromatic carbocycles. The van der Waals surface area contributed by atoms with Gasteiger partial charge in [0.1, 0.15) is 6.54 Å². The molecule has 120 valence electrons. The van der Waals surface area contributed by atoms with E-state index in [1.807, 2.05) is 38.4 Å². The van der Waals surface area contributed by atoms with E-state index >= 15 is 0 Å². The highest BCUT2D eigenvalue weighted by Gasteiger charge is 2.11. The van der Waals surface area contributed by atoms with Crippen LogP contribution < -0.4 is 5.84 Å². The van der Waals surface area contributed by atoms with E-state index in [0.29, 0.717) is 4.59 Å². The maximum Gasteiger partial charge on any atom is 0.294 e. The van der Waals surface area contributed by atoms with Gasteiger partial charge in [0.25, 0.3) is 10.1 Å². The lowest BCUT2D eigenvalue weighted by Crippen LogP contribution is -2.45. The van der Waals surface area contributed by atoms with Gasteiger partial charge in [0.05, 0.1) is 19.0 Å². The van der Waals surface area contributed by atoms with E-state index in [1.165, 1.54) is 12.1 Å². The molecule has 0 aromatic heterocycles. The standard InChI is InChI=1S/C9H14ClN2.C6H6O3S/c1-12(2,11)7-8-5-3-4-6-9(8)10;7-10(8,9)6-4-2-1-3-5-6/h3-6H,7,11H2,1-2H3;1-5H,(H,7,8,9)/q+1;. The molecule has 0 bridgehead atoms. The normalized spacial score (nSPS) is 11.5. The molecule has 7 heteroatoms. The number of nitrogens with zero attached hydrogens (tertiary/aromatic N) is 1. The summed E-state index contributed by atoms with van der Waals surface area (Å²) in [6, 6.07) is 15.2. The van der Waals surface area contributed by atoms with Gasteiger partial charge in [-0.05, 0) is 18.2 Å². The van der Waals surface area contributed by atoms with Crippen LogP contribution in [0.1, 0.15) is 5.56 Å². The Balaban J connectivity index is 0.000000224. The molecule has 0 heterocycles. The molecule has 0 spiro atoms. The minimum atomic E-state index is -4.00. The largest absolute Gasteiger partial charge is 0.294 e. The van der Waals surface area contributed by atoms with Crippen molar-refractivity contribution in [3.63, 3.8) is 0 Å². The van der Waals surface area contributed by atoms with Crippen molar-refractivity contribution in [1.82, 2.24) is 0 Å². The first-order valence-electron chi connectivity index (χ1n) is 6.47. The number of benzene rings is 2. The Kier molecular flexibility index (Phi) is 6.52. The van der Waals surface area contributed by atoms with Gasteiger partial charge >= 0.3 is 0 Å². The van der Waals surface area contributed by atoms with Crippen molar-refractivity contribution in [3.8, 4) is 0 Å². The second-order valence-corrected chi connectivity index (χ2v) is 7.15. The van der Waals surface area contributed by atoms with E-state index in [-0.39, 0.29) is 4.90 Å². The maximum atomic E-state index is 10.4. The minimum absolute atomic E-state index is 0.0741. The van der Waals surface area contributed by atoms with Gasteiger partial charge in [0.15, 0.2) is 0 Å². The van der Waals surface area contributed by atoms with Crippen LogP contribution in [0.2, 0.25) is 5.02 Å². The Labute approximate surface area is 136 Å². The van der Waals surface area contributed by atoms with Crippen molar-refractivity contribution in [1.29, 1.82) is 0 Å². The van der Waals surface area contributed by atoms with E-state index in [0.717, 1.165) is 17.1 Å². The Hall–Kier alpha value is -1.44. The zero-order valence-corrected chi connectivity index (χ0v) is 14.1. The van der Waals surface area contributed by atoms with Crippen LogP contribution in [0.3, 0.4) is 0 Å². The molecule has 0 aliphatic carbocycles. The lowest BCUT2D eigenvalue weighted by molar-refractivity contribution is -0.915. The smallest absolute Gasteiger partial charge is 0.282 e. The monoisotopic (exact) mass is 343 g/mol. The number of nitrogens with two attached hydrogens (primary N) is 1. The van der Waals surface area contributed by atoms with E-state index in [1.54, 1.807) is 18.2 Å². The summed E-state index contributed by atoms with van der Waals surface area (Å²) in [4.78, 5) is -0.0741. The summed E-state index contributed by atoms with van der Waals surface area (Å²) in [6.07, 6.45) is 0. The number of quaternary nitrogens is 1.